The van der Waals surface area contributed by atoms with Gasteiger partial charge in [-0.2, -0.15) is 0 Å². The summed E-state index contributed by atoms with van der Waals surface area (Å²) >= 11 is 9.61. The number of nitrogens with one attached hydrogen (secondary N) is 1. The number of H-pyrrole nitrogens is 1. The number of esters is 1. The van der Waals surface area contributed by atoms with Crippen molar-refractivity contribution in [1.29, 1.82) is 0 Å². The Balaban J connectivity index is 0.00000161. The molecule has 0 bridgehead atoms. The van der Waals surface area contributed by atoms with E-state index >= 15 is 0 Å². The summed E-state index contributed by atoms with van der Waals surface area (Å²) in [6.07, 6.45) is 0.239. The summed E-state index contributed by atoms with van der Waals surface area (Å²) in [6.45, 7) is 0. The average Bonchev–Trinajstić information content (AvgIpc) is 2.80. The molecule has 0 unspecified atom stereocenters. The molecular weight excluding hydrogens is 354 g/mol. The molecule has 1 heterocycles. The smallest absolute Gasteiger partial charge is 0.310 e. The zero-order valence-corrected chi connectivity index (χ0v) is 13.0. The number of fused-ring (bicyclic) bond motifs is 3. The predicted molar refractivity (Wildman–Crippen MR) is 91.0 cm³/mol. The number of halogens is 2. The maximum Gasteiger partial charge on any atom is 0.310 e. The molecule has 0 saturated carbocycles. The standard InChI is InChI=1S/C15H11BrClNO2.CH4/c1-20-13(19)6-8-2-4-10-11-7-9(17)3-5-12(11)18-15(10)14(8)16;/h2-5,7,18H,6H2,1H3;1H4. The number of aromatic nitrogens is 1. The number of benzene rings is 2. The number of methoxy groups -OCH3 is 1. The van der Waals surface area contributed by atoms with E-state index in [4.69, 9.17) is 16.3 Å². The third kappa shape index (κ3) is 2.78. The van der Waals surface area contributed by atoms with Gasteiger partial charge >= 0.3 is 5.97 Å². The number of rotatable bonds is 2. The van der Waals surface area contributed by atoms with E-state index in [9.17, 15) is 4.79 Å². The van der Waals surface area contributed by atoms with E-state index < -0.39 is 0 Å². The van der Waals surface area contributed by atoms with Gasteiger partial charge in [-0.1, -0.05) is 31.2 Å². The number of carbonyl (C=O) groups excluding carboxylic acids is 1. The van der Waals surface area contributed by atoms with E-state index in [-0.39, 0.29) is 19.8 Å². The Morgan fingerprint density at radius 2 is 2.05 bits per heavy atom. The van der Waals surface area contributed by atoms with Crippen LogP contribution < -0.4 is 0 Å². The van der Waals surface area contributed by atoms with Crippen molar-refractivity contribution < 1.29 is 9.53 Å². The molecular formula is C16H15BrClNO2. The highest BCUT2D eigenvalue weighted by Gasteiger charge is 2.13. The van der Waals surface area contributed by atoms with Gasteiger partial charge in [0, 0.05) is 25.8 Å². The highest BCUT2D eigenvalue weighted by molar-refractivity contribution is 9.10. The molecule has 0 radical (unpaired) electrons. The molecule has 110 valence electrons. The second-order valence-electron chi connectivity index (χ2n) is 4.53. The normalized spacial score (nSPS) is 10.6. The number of aromatic amines is 1. The van der Waals surface area contributed by atoms with Crippen molar-refractivity contribution in [2.45, 2.75) is 13.8 Å². The van der Waals surface area contributed by atoms with Gasteiger partial charge in [0.25, 0.3) is 0 Å². The first-order valence-corrected chi connectivity index (χ1v) is 7.22. The van der Waals surface area contributed by atoms with Crippen LogP contribution in [0.15, 0.2) is 34.8 Å². The minimum Gasteiger partial charge on any atom is -0.469 e. The zero-order chi connectivity index (χ0) is 14.3. The lowest BCUT2D eigenvalue weighted by Gasteiger charge is -2.04. The van der Waals surface area contributed by atoms with Gasteiger partial charge in [-0.15, -0.1) is 0 Å². The van der Waals surface area contributed by atoms with E-state index in [0.717, 1.165) is 31.8 Å². The van der Waals surface area contributed by atoms with Crippen molar-refractivity contribution in [1.82, 2.24) is 4.98 Å². The van der Waals surface area contributed by atoms with Crippen molar-refractivity contribution in [2.75, 3.05) is 7.11 Å². The summed E-state index contributed by atoms with van der Waals surface area (Å²) in [5.74, 6) is -0.260. The molecule has 0 atom stereocenters. The van der Waals surface area contributed by atoms with Crippen molar-refractivity contribution >= 4 is 55.3 Å². The Morgan fingerprint density at radius 1 is 1.29 bits per heavy atom. The first-order chi connectivity index (χ1) is 9.60. The molecule has 3 rings (SSSR count). The third-order valence-corrected chi connectivity index (χ3v) is 4.46. The molecule has 3 nitrogen and oxygen atoms in total. The molecule has 1 aromatic heterocycles. The van der Waals surface area contributed by atoms with E-state index in [2.05, 4.69) is 20.9 Å². The van der Waals surface area contributed by atoms with Crippen LogP contribution in [0.3, 0.4) is 0 Å². The van der Waals surface area contributed by atoms with E-state index in [1.807, 2.05) is 30.3 Å². The van der Waals surface area contributed by atoms with Crippen molar-refractivity contribution in [3.63, 3.8) is 0 Å². The molecule has 0 spiro atoms. The largest absolute Gasteiger partial charge is 0.469 e. The first kappa shape index (κ1) is 15.9. The van der Waals surface area contributed by atoms with Crippen LogP contribution in [0.1, 0.15) is 13.0 Å². The fourth-order valence-corrected chi connectivity index (χ4v) is 3.07. The molecule has 2 aromatic carbocycles. The Hall–Kier alpha value is -1.52. The highest BCUT2D eigenvalue weighted by Crippen LogP contribution is 2.34. The summed E-state index contributed by atoms with van der Waals surface area (Å²) in [5.41, 5.74) is 2.87. The molecule has 0 amide bonds. The van der Waals surface area contributed by atoms with Crippen LogP contribution >= 0.6 is 27.5 Å². The Morgan fingerprint density at radius 3 is 2.76 bits per heavy atom. The second kappa shape index (κ2) is 6.08. The van der Waals surface area contributed by atoms with Gasteiger partial charge in [0.2, 0.25) is 0 Å². The van der Waals surface area contributed by atoms with Crippen molar-refractivity contribution in [3.05, 3.63) is 45.4 Å². The lowest BCUT2D eigenvalue weighted by molar-refractivity contribution is -0.139. The van der Waals surface area contributed by atoms with Crippen LogP contribution in [-0.2, 0) is 16.0 Å². The van der Waals surface area contributed by atoms with Gasteiger partial charge in [-0.05, 0) is 39.7 Å². The van der Waals surface area contributed by atoms with Crippen LogP contribution in [0.5, 0.6) is 0 Å². The molecule has 3 aromatic rings. The molecule has 1 N–H and O–H groups in total. The second-order valence-corrected chi connectivity index (χ2v) is 5.76. The summed E-state index contributed by atoms with van der Waals surface area (Å²) in [6, 6.07) is 9.65. The van der Waals surface area contributed by atoms with Gasteiger partial charge in [0.1, 0.15) is 0 Å². The monoisotopic (exact) mass is 367 g/mol. The van der Waals surface area contributed by atoms with Crippen LogP contribution in [0, 0.1) is 0 Å². The average molecular weight is 369 g/mol. The van der Waals surface area contributed by atoms with Crippen molar-refractivity contribution in [2.24, 2.45) is 0 Å². The molecule has 5 heteroatoms. The minimum atomic E-state index is -0.260. The predicted octanol–water partition coefficient (Wildman–Crippen LogP) is 5.09. The lowest BCUT2D eigenvalue weighted by atomic mass is 10.1. The van der Waals surface area contributed by atoms with E-state index in [0.29, 0.717) is 5.02 Å². The maximum atomic E-state index is 11.4. The Kier molecular flexibility index (Phi) is 4.59. The minimum absolute atomic E-state index is 0. The lowest BCUT2D eigenvalue weighted by Crippen LogP contribution is -2.04. The number of hydrogen-bond acceptors (Lipinski definition) is 2. The summed E-state index contributed by atoms with van der Waals surface area (Å²) in [4.78, 5) is 14.8. The summed E-state index contributed by atoms with van der Waals surface area (Å²) in [7, 11) is 1.39. The van der Waals surface area contributed by atoms with Crippen LogP contribution in [0.4, 0.5) is 0 Å². The van der Waals surface area contributed by atoms with Gasteiger partial charge in [-0.3, -0.25) is 4.79 Å². The molecule has 0 aliphatic carbocycles. The SMILES string of the molecule is C.COC(=O)Cc1ccc2c([nH]c3ccc(Cl)cc32)c1Br. The number of carbonyl (C=O) groups is 1. The molecule has 0 fully saturated rings. The Labute approximate surface area is 136 Å². The molecule has 0 saturated heterocycles. The first-order valence-electron chi connectivity index (χ1n) is 6.05. The van der Waals surface area contributed by atoms with Gasteiger partial charge in [0.05, 0.1) is 19.0 Å². The maximum absolute atomic E-state index is 11.4. The van der Waals surface area contributed by atoms with Crippen molar-refractivity contribution in [3.8, 4) is 0 Å². The zero-order valence-electron chi connectivity index (χ0n) is 10.7. The number of hydrogen-bond donors (Lipinski definition) is 1. The van der Waals surface area contributed by atoms with Crippen LogP contribution in [-0.4, -0.2) is 18.1 Å². The van der Waals surface area contributed by atoms with Gasteiger partial charge in [-0.25, -0.2) is 0 Å². The van der Waals surface area contributed by atoms with Gasteiger partial charge < -0.3 is 9.72 Å². The van der Waals surface area contributed by atoms with E-state index in [1.54, 1.807) is 0 Å². The summed E-state index contributed by atoms with van der Waals surface area (Å²) < 4.78 is 5.59. The van der Waals surface area contributed by atoms with Gasteiger partial charge in [0.15, 0.2) is 0 Å². The molecule has 0 aliphatic rings. The third-order valence-electron chi connectivity index (χ3n) is 3.32. The van der Waals surface area contributed by atoms with E-state index in [1.165, 1.54) is 7.11 Å². The number of ether oxygens (including phenoxy) is 1. The topological polar surface area (TPSA) is 42.1 Å². The summed E-state index contributed by atoms with van der Waals surface area (Å²) in [5, 5.41) is 2.84. The molecule has 0 aliphatic heterocycles. The highest BCUT2D eigenvalue weighted by atomic mass is 79.9. The fraction of sp³-hybridized carbons (Fsp3) is 0.188. The Bertz CT molecular complexity index is 826. The van der Waals surface area contributed by atoms with Crippen LogP contribution in [0.25, 0.3) is 21.8 Å². The fourth-order valence-electron chi connectivity index (χ4n) is 2.31. The quantitative estimate of drug-likeness (QED) is 0.640. The molecule has 21 heavy (non-hydrogen) atoms. The van der Waals surface area contributed by atoms with Crippen LogP contribution in [0.2, 0.25) is 5.02 Å².